The average Bonchev–Trinajstić information content (AvgIpc) is 2.40. The molecule has 1 aromatic rings. The molecular formula is C13H14ClF3N2O2. The van der Waals surface area contributed by atoms with Crippen LogP contribution in [0.5, 0.6) is 0 Å². The number of halogens is 4. The van der Waals surface area contributed by atoms with Gasteiger partial charge in [0.05, 0.1) is 10.8 Å². The van der Waals surface area contributed by atoms with Gasteiger partial charge in [0.2, 0.25) is 0 Å². The Bertz CT molecular complexity index is 529. The van der Waals surface area contributed by atoms with E-state index in [2.05, 4.69) is 5.32 Å². The van der Waals surface area contributed by atoms with E-state index in [9.17, 15) is 23.3 Å². The van der Waals surface area contributed by atoms with Crippen molar-refractivity contribution in [3.05, 3.63) is 33.3 Å². The lowest BCUT2D eigenvalue weighted by Gasteiger charge is -2.30. The van der Waals surface area contributed by atoms with Gasteiger partial charge in [0.15, 0.2) is 0 Å². The van der Waals surface area contributed by atoms with E-state index < -0.39 is 17.0 Å². The van der Waals surface area contributed by atoms with Gasteiger partial charge < -0.3 is 5.32 Å². The van der Waals surface area contributed by atoms with Gasteiger partial charge in [-0.25, -0.2) is 0 Å². The molecule has 0 amide bonds. The molecular weight excluding hydrogens is 309 g/mol. The summed E-state index contributed by atoms with van der Waals surface area (Å²) in [5.41, 5.74) is 0.125. The Morgan fingerprint density at radius 1 is 1.24 bits per heavy atom. The fourth-order valence-corrected chi connectivity index (χ4v) is 2.73. The minimum absolute atomic E-state index is 0.0442. The first-order chi connectivity index (χ1) is 9.77. The molecule has 1 aliphatic rings. The normalized spacial score (nSPS) is 22.9. The number of nitro groups is 1. The molecule has 116 valence electrons. The summed E-state index contributed by atoms with van der Waals surface area (Å²) < 4.78 is 37.8. The van der Waals surface area contributed by atoms with E-state index in [4.69, 9.17) is 11.6 Å². The third kappa shape index (κ3) is 4.00. The zero-order valence-corrected chi connectivity index (χ0v) is 11.7. The lowest BCUT2D eigenvalue weighted by molar-refractivity contribution is -0.384. The van der Waals surface area contributed by atoms with Crippen molar-refractivity contribution in [3.8, 4) is 0 Å². The summed E-state index contributed by atoms with van der Waals surface area (Å²) in [6.07, 6.45) is -3.39. The standard InChI is InChI=1S/C13H14ClF3N2O2/c14-9-3-6-11(12(7-9)19(20)21)18-10-4-1-8(2-5-10)13(15,16)17/h3,6-8,10,18H,1-2,4-5H2. The molecule has 0 saturated heterocycles. The molecule has 8 heteroatoms. The van der Waals surface area contributed by atoms with Crippen LogP contribution in [0.1, 0.15) is 25.7 Å². The van der Waals surface area contributed by atoms with Gasteiger partial charge in [0, 0.05) is 17.1 Å². The van der Waals surface area contributed by atoms with E-state index in [-0.39, 0.29) is 29.6 Å². The molecule has 0 unspecified atom stereocenters. The van der Waals surface area contributed by atoms with Gasteiger partial charge in [0.25, 0.3) is 5.69 Å². The molecule has 1 aliphatic carbocycles. The van der Waals surface area contributed by atoms with Crippen molar-refractivity contribution < 1.29 is 18.1 Å². The summed E-state index contributed by atoms with van der Waals surface area (Å²) in [5, 5.41) is 14.2. The van der Waals surface area contributed by atoms with Crippen LogP contribution in [0.4, 0.5) is 24.5 Å². The summed E-state index contributed by atoms with van der Waals surface area (Å²) in [6.45, 7) is 0. The lowest BCUT2D eigenvalue weighted by Crippen LogP contribution is -2.32. The van der Waals surface area contributed by atoms with Crippen LogP contribution < -0.4 is 5.32 Å². The van der Waals surface area contributed by atoms with Crippen LogP contribution in [0, 0.1) is 16.0 Å². The lowest BCUT2D eigenvalue weighted by atomic mass is 9.85. The number of hydrogen-bond acceptors (Lipinski definition) is 3. The van der Waals surface area contributed by atoms with Crippen molar-refractivity contribution in [1.82, 2.24) is 0 Å². The van der Waals surface area contributed by atoms with Crippen LogP contribution in [-0.4, -0.2) is 17.1 Å². The second-order valence-electron chi connectivity index (χ2n) is 5.15. The van der Waals surface area contributed by atoms with E-state index in [1.807, 2.05) is 0 Å². The van der Waals surface area contributed by atoms with Crippen LogP contribution in [0.25, 0.3) is 0 Å². The molecule has 1 fully saturated rings. The largest absolute Gasteiger partial charge is 0.391 e. The molecule has 0 aromatic heterocycles. The highest BCUT2D eigenvalue weighted by molar-refractivity contribution is 6.30. The molecule has 21 heavy (non-hydrogen) atoms. The first-order valence-corrected chi connectivity index (χ1v) is 6.92. The molecule has 0 bridgehead atoms. The van der Waals surface area contributed by atoms with Crippen LogP contribution in [0.3, 0.4) is 0 Å². The van der Waals surface area contributed by atoms with Crippen molar-refractivity contribution in [2.75, 3.05) is 5.32 Å². The molecule has 0 radical (unpaired) electrons. The maximum Gasteiger partial charge on any atom is 0.391 e. The third-order valence-corrected chi connectivity index (χ3v) is 3.94. The van der Waals surface area contributed by atoms with E-state index in [1.165, 1.54) is 18.2 Å². The first-order valence-electron chi connectivity index (χ1n) is 6.54. The van der Waals surface area contributed by atoms with Gasteiger partial charge in [-0.05, 0) is 37.8 Å². The SMILES string of the molecule is O=[N+]([O-])c1cc(Cl)ccc1NC1CCC(C(F)(F)F)CC1. The van der Waals surface area contributed by atoms with Gasteiger partial charge in [0.1, 0.15) is 5.69 Å². The van der Waals surface area contributed by atoms with Gasteiger partial charge in [-0.3, -0.25) is 10.1 Å². The zero-order chi connectivity index (χ0) is 15.6. The number of hydrogen-bond donors (Lipinski definition) is 1. The average molecular weight is 323 g/mol. The topological polar surface area (TPSA) is 55.2 Å². The number of nitrogens with zero attached hydrogens (tertiary/aromatic N) is 1. The Morgan fingerprint density at radius 2 is 1.86 bits per heavy atom. The fourth-order valence-electron chi connectivity index (χ4n) is 2.56. The quantitative estimate of drug-likeness (QED) is 0.643. The Kier molecular flexibility index (Phi) is 4.61. The van der Waals surface area contributed by atoms with Gasteiger partial charge >= 0.3 is 6.18 Å². The molecule has 0 atom stereocenters. The molecule has 1 aromatic carbocycles. The van der Waals surface area contributed by atoms with Crippen LogP contribution >= 0.6 is 11.6 Å². The predicted octanol–water partition coefficient (Wildman–Crippen LogP) is 4.78. The van der Waals surface area contributed by atoms with Crippen molar-refractivity contribution in [2.45, 2.75) is 37.9 Å². The molecule has 0 spiro atoms. The minimum atomic E-state index is -4.16. The highest BCUT2D eigenvalue weighted by Crippen LogP contribution is 2.39. The first kappa shape index (κ1) is 15.9. The Hall–Kier alpha value is -1.50. The number of nitro benzene ring substituents is 1. The van der Waals surface area contributed by atoms with Gasteiger partial charge in [-0.1, -0.05) is 11.6 Å². The molecule has 0 heterocycles. The second-order valence-corrected chi connectivity index (χ2v) is 5.59. The summed E-state index contributed by atoms with van der Waals surface area (Å²) in [4.78, 5) is 10.4. The van der Waals surface area contributed by atoms with Crippen LogP contribution in [0.2, 0.25) is 5.02 Å². The fraction of sp³-hybridized carbons (Fsp3) is 0.538. The highest BCUT2D eigenvalue weighted by atomic mass is 35.5. The highest BCUT2D eigenvalue weighted by Gasteiger charge is 2.41. The van der Waals surface area contributed by atoms with Crippen LogP contribution in [0.15, 0.2) is 18.2 Å². The Labute approximate surface area is 124 Å². The van der Waals surface area contributed by atoms with E-state index in [0.29, 0.717) is 18.5 Å². The van der Waals surface area contributed by atoms with Crippen molar-refractivity contribution >= 4 is 23.0 Å². The zero-order valence-electron chi connectivity index (χ0n) is 11.0. The minimum Gasteiger partial charge on any atom is -0.377 e. The number of benzene rings is 1. The van der Waals surface area contributed by atoms with Crippen molar-refractivity contribution in [3.63, 3.8) is 0 Å². The molecule has 2 rings (SSSR count). The van der Waals surface area contributed by atoms with Gasteiger partial charge in [-0.15, -0.1) is 0 Å². The maximum atomic E-state index is 12.6. The van der Waals surface area contributed by atoms with Gasteiger partial charge in [-0.2, -0.15) is 13.2 Å². The molecule has 1 N–H and O–H groups in total. The predicted molar refractivity (Wildman–Crippen MR) is 73.5 cm³/mol. The van der Waals surface area contributed by atoms with Crippen molar-refractivity contribution in [1.29, 1.82) is 0 Å². The van der Waals surface area contributed by atoms with E-state index in [0.717, 1.165) is 0 Å². The molecule has 0 aliphatic heterocycles. The Balaban J connectivity index is 2.03. The summed E-state index contributed by atoms with van der Waals surface area (Å²) in [7, 11) is 0. The van der Waals surface area contributed by atoms with Crippen LogP contribution in [-0.2, 0) is 0 Å². The smallest absolute Gasteiger partial charge is 0.377 e. The third-order valence-electron chi connectivity index (χ3n) is 3.71. The maximum absolute atomic E-state index is 12.6. The summed E-state index contributed by atoms with van der Waals surface area (Å²) in [5.74, 6) is -1.27. The number of rotatable bonds is 3. The van der Waals surface area contributed by atoms with E-state index >= 15 is 0 Å². The number of anilines is 1. The molecule has 1 saturated carbocycles. The summed E-state index contributed by atoms with van der Waals surface area (Å²) >= 11 is 5.72. The monoisotopic (exact) mass is 322 g/mol. The Morgan fingerprint density at radius 3 is 2.38 bits per heavy atom. The van der Waals surface area contributed by atoms with Crippen molar-refractivity contribution in [2.24, 2.45) is 5.92 Å². The number of alkyl halides is 3. The molecule has 4 nitrogen and oxygen atoms in total. The summed E-state index contributed by atoms with van der Waals surface area (Å²) in [6, 6.07) is 4.03. The van der Waals surface area contributed by atoms with E-state index in [1.54, 1.807) is 0 Å². The second kappa shape index (κ2) is 6.09. The number of nitrogens with one attached hydrogen (secondary N) is 1.